The second-order valence-electron chi connectivity index (χ2n) is 5.69. The molecule has 1 N–H and O–H groups in total. The van der Waals surface area contributed by atoms with Crippen LogP contribution in [0.4, 0.5) is 0 Å². The molecule has 3 rings (SSSR count). The molecular weight excluding hydrogens is 358 g/mol. The molecule has 1 unspecified atom stereocenters. The minimum Gasteiger partial charge on any atom is -0.458 e. The highest BCUT2D eigenvalue weighted by Gasteiger charge is 2.29. The number of carbonyl (C=O) groups is 1. The Labute approximate surface area is 144 Å². The molecule has 122 valence electrons. The van der Waals surface area contributed by atoms with Gasteiger partial charge in [-0.15, -0.1) is 0 Å². The van der Waals surface area contributed by atoms with Gasteiger partial charge in [-0.1, -0.05) is 6.07 Å². The lowest BCUT2D eigenvalue weighted by Gasteiger charge is -2.30. The molecular formula is C17H20BrN3O2. The van der Waals surface area contributed by atoms with Crippen molar-refractivity contribution in [3.05, 3.63) is 52.7 Å². The number of rotatable bonds is 4. The van der Waals surface area contributed by atoms with Crippen LogP contribution >= 0.6 is 15.9 Å². The van der Waals surface area contributed by atoms with E-state index in [4.69, 9.17) is 4.42 Å². The summed E-state index contributed by atoms with van der Waals surface area (Å²) in [6.07, 6.45) is 6.29. The van der Waals surface area contributed by atoms with Crippen LogP contribution in [0.25, 0.3) is 0 Å². The van der Waals surface area contributed by atoms with Crippen molar-refractivity contribution < 1.29 is 9.21 Å². The van der Waals surface area contributed by atoms with Gasteiger partial charge in [0.1, 0.15) is 0 Å². The molecule has 1 atom stereocenters. The van der Waals surface area contributed by atoms with E-state index in [2.05, 4.69) is 26.2 Å². The van der Waals surface area contributed by atoms with Crippen molar-refractivity contribution in [3.63, 3.8) is 0 Å². The topological polar surface area (TPSA) is 58.4 Å². The third-order valence-electron chi connectivity index (χ3n) is 4.12. The number of pyridine rings is 1. The Hall–Kier alpha value is -1.66. The summed E-state index contributed by atoms with van der Waals surface area (Å²) in [5, 5.41) is 3.39. The molecule has 1 fully saturated rings. The molecule has 0 radical (unpaired) electrons. The molecule has 1 amide bonds. The zero-order valence-electron chi connectivity index (χ0n) is 12.9. The normalized spacial score (nSPS) is 18.4. The number of nitrogens with zero attached hydrogens (tertiary/aromatic N) is 2. The van der Waals surface area contributed by atoms with Crippen molar-refractivity contribution in [3.8, 4) is 0 Å². The Morgan fingerprint density at radius 1 is 1.35 bits per heavy atom. The number of amides is 1. The fourth-order valence-corrected chi connectivity index (χ4v) is 3.29. The quantitative estimate of drug-likeness (QED) is 0.888. The maximum absolute atomic E-state index is 13.0. The Kier molecular flexibility index (Phi) is 5.46. The first-order valence-electron chi connectivity index (χ1n) is 7.90. The van der Waals surface area contributed by atoms with Gasteiger partial charge in [0.2, 0.25) is 5.76 Å². The van der Waals surface area contributed by atoms with Crippen molar-refractivity contribution in [2.75, 3.05) is 13.1 Å². The lowest BCUT2D eigenvalue weighted by atomic mass is 10.1. The molecule has 5 nitrogen and oxygen atoms in total. The minimum atomic E-state index is -0.0839. The SMILES string of the molecule is O=C(c1occc1Br)N(Cc1ccccn1)C1CCCNCC1. The lowest BCUT2D eigenvalue weighted by Crippen LogP contribution is -2.40. The summed E-state index contributed by atoms with van der Waals surface area (Å²) in [5.74, 6) is 0.276. The van der Waals surface area contributed by atoms with E-state index in [-0.39, 0.29) is 11.9 Å². The number of hydrogen-bond donors (Lipinski definition) is 1. The number of halogens is 1. The van der Waals surface area contributed by atoms with Gasteiger partial charge in [0.15, 0.2) is 0 Å². The summed E-state index contributed by atoms with van der Waals surface area (Å²) in [6.45, 7) is 2.43. The predicted octanol–water partition coefficient (Wildman–Crippen LogP) is 3.22. The predicted molar refractivity (Wildman–Crippen MR) is 91.0 cm³/mol. The fourth-order valence-electron chi connectivity index (χ4n) is 2.92. The van der Waals surface area contributed by atoms with Gasteiger partial charge in [0.05, 0.1) is 23.0 Å². The minimum absolute atomic E-state index is 0.0839. The molecule has 3 heterocycles. The van der Waals surface area contributed by atoms with Crippen molar-refractivity contribution in [1.29, 1.82) is 0 Å². The highest BCUT2D eigenvalue weighted by Crippen LogP contribution is 2.24. The molecule has 1 saturated heterocycles. The van der Waals surface area contributed by atoms with E-state index in [0.29, 0.717) is 16.8 Å². The first-order valence-corrected chi connectivity index (χ1v) is 8.69. The number of hydrogen-bond acceptors (Lipinski definition) is 4. The van der Waals surface area contributed by atoms with Crippen LogP contribution in [0.1, 0.15) is 35.5 Å². The third kappa shape index (κ3) is 4.00. The Bertz CT molecular complexity index is 636. The van der Waals surface area contributed by atoms with Crippen molar-refractivity contribution >= 4 is 21.8 Å². The zero-order chi connectivity index (χ0) is 16.1. The van der Waals surface area contributed by atoms with Crippen molar-refractivity contribution in [2.24, 2.45) is 0 Å². The number of furan rings is 1. The highest BCUT2D eigenvalue weighted by atomic mass is 79.9. The van der Waals surface area contributed by atoms with Gasteiger partial charge < -0.3 is 14.6 Å². The fraction of sp³-hybridized carbons (Fsp3) is 0.412. The Balaban J connectivity index is 1.86. The van der Waals surface area contributed by atoms with Crippen LogP contribution in [0.2, 0.25) is 0 Å². The average Bonchev–Trinajstić information content (AvgIpc) is 2.84. The maximum atomic E-state index is 13.0. The summed E-state index contributed by atoms with van der Waals surface area (Å²) in [4.78, 5) is 19.3. The van der Waals surface area contributed by atoms with Crippen LogP contribution in [-0.2, 0) is 6.54 Å². The average molecular weight is 378 g/mol. The van der Waals surface area contributed by atoms with E-state index >= 15 is 0 Å². The molecule has 1 aliphatic rings. The summed E-state index contributed by atoms with van der Waals surface area (Å²) < 4.78 is 6.09. The summed E-state index contributed by atoms with van der Waals surface area (Å²) >= 11 is 3.39. The van der Waals surface area contributed by atoms with E-state index < -0.39 is 0 Å². The van der Waals surface area contributed by atoms with E-state index in [1.807, 2.05) is 23.1 Å². The highest BCUT2D eigenvalue weighted by molar-refractivity contribution is 9.10. The van der Waals surface area contributed by atoms with Gasteiger partial charge in [0, 0.05) is 12.2 Å². The Morgan fingerprint density at radius 2 is 2.26 bits per heavy atom. The van der Waals surface area contributed by atoms with Crippen LogP contribution in [0, 0.1) is 0 Å². The largest absolute Gasteiger partial charge is 0.458 e. The molecule has 1 aliphatic heterocycles. The molecule has 23 heavy (non-hydrogen) atoms. The molecule has 2 aromatic rings. The van der Waals surface area contributed by atoms with Crippen LogP contribution in [0.3, 0.4) is 0 Å². The van der Waals surface area contributed by atoms with Gasteiger partial charge in [-0.3, -0.25) is 9.78 Å². The van der Waals surface area contributed by atoms with Crippen LogP contribution in [0.15, 0.2) is 45.6 Å². The van der Waals surface area contributed by atoms with Gasteiger partial charge in [-0.25, -0.2) is 0 Å². The van der Waals surface area contributed by atoms with Gasteiger partial charge in [-0.05, 0) is 66.5 Å². The van der Waals surface area contributed by atoms with E-state index in [1.165, 1.54) is 6.26 Å². The maximum Gasteiger partial charge on any atom is 0.291 e. The molecule has 0 bridgehead atoms. The number of aromatic nitrogens is 1. The molecule has 0 saturated carbocycles. The van der Waals surface area contributed by atoms with Gasteiger partial charge >= 0.3 is 0 Å². The van der Waals surface area contributed by atoms with Crippen LogP contribution in [0.5, 0.6) is 0 Å². The second kappa shape index (κ2) is 7.75. The molecule has 6 heteroatoms. The first-order chi connectivity index (χ1) is 11.3. The lowest BCUT2D eigenvalue weighted by molar-refractivity contribution is 0.0608. The standard InChI is InChI=1S/C17H20BrN3O2/c18-15-7-11-23-16(15)17(22)21(12-13-4-1-2-9-20-13)14-5-3-8-19-10-6-14/h1-2,4,7,9,11,14,19H,3,5-6,8,10,12H2. The van der Waals surface area contributed by atoms with Crippen LogP contribution in [-0.4, -0.2) is 34.9 Å². The molecule has 2 aromatic heterocycles. The molecule has 0 aliphatic carbocycles. The summed E-state index contributed by atoms with van der Waals surface area (Å²) in [7, 11) is 0. The second-order valence-corrected chi connectivity index (χ2v) is 6.54. The first kappa shape index (κ1) is 16.2. The molecule has 0 spiro atoms. The zero-order valence-corrected chi connectivity index (χ0v) is 14.5. The molecule has 0 aromatic carbocycles. The van der Waals surface area contributed by atoms with Crippen LogP contribution < -0.4 is 5.32 Å². The van der Waals surface area contributed by atoms with E-state index in [0.717, 1.165) is 38.0 Å². The third-order valence-corrected chi connectivity index (χ3v) is 4.74. The summed E-state index contributed by atoms with van der Waals surface area (Å²) in [5.41, 5.74) is 0.890. The number of carbonyl (C=O) groups excluding carboxylic acids is 1. The van der Waals surface area contributed by atoms with E-state index in [1.54, 1.807) is 12.3 Å². The summed E-state index contributed by atoms with van der Waals surface area (Å²) in [6, 6.07) is 7.72. The van der Waals surface area contributed by atoms with Gasteiger partial charge in [0.25, 0.3) is 5.91 Å². The van der Waals surface area contributed by atoms with Gasteiger partial charge in [-0.2, -0.15) is 0 Å². The van der Waals surface area contributed by atoms with Crippen molar-refractivity contribution in [1.82, 2.24) is 15.2 Å². The number of nitrogens with one attached hydrogen (secondary N) is 1. The Morgan fingerprint density at radius 3 is 3.00 bits per heavy atom. The monoisotopic (exact) mass is 377 g/mol. The smallest absolute Gasteiger partial charge is 0.291 e. The van der Waals surface area contributed by atoms with Crippen molar-refractivity contribution in [2.45, 2.75) is 31.8 Å². The van der Waals surface area contributed by atoms with E-state index in [9.17, 15) is 4.79 Å².